The molecule has 1 aromatic heterocycles. The van der Waals surface area contributed by atoms with E-state index < -0.39 is 0 Å². The lowest BCUT2D eigenvalue weighted by molar-refractivity contribution is -0.384. The van der Waals surface area contributed by atoms with Gasteiger partial charge in [0.1, 0.15) is 5.82 Å². The molecule has 0 unspecified atom stereocenters. The van der Waals surface area contributed by atoms with Crippen molar-refractivity contribution in [2.24, 2.45) is 5.92 Å². The lowest BCUT2D eigenvalue weighted by Gasteiger charge is -2.57. The zero-order chi connectivity index (χ0) is 22.9. The Morgan fingerprint density at radius 3 is 2.94 bits per heavy atom. The number of hydrogen-bond acceptors (Lipinski definition) is 6. The minimum absolute atomic E-state index is 0.0533. The molecule has 1 aliphatic heterocycles. The Balaban J connectivity index is 1.48. The molecule has 1 fully saturated rings. The number of methoxy groups -OCH3 is 1. The second kappa shape index (κ2) is 7.05. The number of rotatable bonds is 3. The number of fused-ring (bicyclic) bond motifs is 2. The van der Waals surface area contributed by atoms with Crippen LogP contribution in [-0.4, -0.2) is 51.6 Å². The number of piperidine rings is 1. The van der Waals surface area contributed by atoms with Crippen LogP contribution >= 0.6 is 0 Å². The molecule has 0 amide bonds. The van der Waals surface area contributed by atoms with Crippen molar-refractivity contribution in [3.05, 3.63) is 69.0 Å². The zero-order valence-electron chi connectivity index (χ0n) is 18.7. The van der Waals surface area contributed by atoms with E-state index in [9.17, 15) is 15.2 Å². The molecule has 3 aliphatic rings. The van der Waals surface area contributed by atoms with Crippen molar-refractivity contribution in [2.45, 2.75) is 37.1 Å². The minimum Gasteiger partial charge on any atom is -0.504 e. The molecule has 3 atom stereocenters. The Hall–Kier alpha value is -3.39. The molecule has 6 rings (SSSR count). The average molecular weight is 447 g/mol. The standard InChI is InChI=1S/C25H26N4O4/c1-28-9-8-25-13-19-18(26-24(27-19)15-4-3-5-16(10-15)29(31)32)12-17(25)20(28)11-14-6-7-21(33-2)23(30)22(14)25/h3-7,10,17,20,30H,8-9,11-13H2,1-2H3,(H,26,27)/t17-,20+,25-/m1/s1. The molecule has 0 radical (unpaired) electrons. The molecule has 33 heavy (non-hydrogen) atoms. The van der Waals surface area contributed by atoms with Crippen LogP contribution in [0.5, 0.6) is 11.5 Å². The third-order valence-electron chi connectivity index (χ3n) is 8.13. The SMILES string of the molecule is COc1ccc2c(c1O)[C@@]13CCN(C)[C@@H](C2)[C@H]1Cc1nc(-c2cccc([N+](=O)[O-])c2)[nH]c1C3. The van der Waals surface area contributed by atoms with E-state index in [-0.39, 0.29) is 21.8 Å². The van der Waals surface area contributed by atoms with Crippen LogP contribution in [0, 0.1) is 16.0 Å². The van der Waals surface area contributed by atoms with Gasteiger partial charge in [-0.3, -0.25) is 10.1 Å². The van der Waals surface area contributed by atoms with E-state index in [0.29, 0.717) is 29.1 Å². The number of aromatic hydroxyl groups is 1. The highest BCUT2D eigenvalue weighted by Crippen LogP contribution is 2.57. The van der Waals surface area contributed by atoms with Crippen LogP contribution in [-0.2, 0) is 24.7 Å². The predicted octanol–water partition coefficient (Wildman–Crippen LogP) is 3.61. The van der Waals surface area contributed by atoms with E-state index >= 15 is 0 Å². The number of nitro benzene ring substituents is 1. The summed E-state index contributed by atoms with van der Waals surface area (Å²) < 4.78 is 5.47. The Bertz CT molecular complexity index is 1290. The number of ether oxygens (including phenoxy) is 1. The van der Waals surface area contributed by atoms with Crippen molar-refractivity contribution in [3.8, 4) is 22.9 Å². The first kappa shape index (κ1) is 20.2. The molecule has 2 aromatic carbocycles. The number of phenolic OH excluding ortho intramolecular Hbond substituents is 1. The van der Waals surface area contributed by atoms with Gasteiger partial charge in [0.2, 0.25) is 0 Å². The number of nitrogens with one attached hydrogen (secondary N) is 1. The Kier molecular flexibility index (Phi) is 4.32. The number of nitrogens with zero attached hydrogens (tertiary/aromatic N) is 3. The molecule has 0 saturated carbocycles. The largest absolute Gasteiger partial charge is 0.504 e. The molecule has 2 bridgehead atoms. The van der Waals surface area contributed by atoms with E-state index in [0.717, 1.165) is 49.2 Å². The molecule has 0 spiro atoms. The van der Waals surface area contributed by atoms with Crippen molar-refractivity contribution in [1.82, 2.24) is 14.9 Å². The Morgan fingerprint density at radius 2 is 2.15 bits per heavy atom. The fraction of sp³-hybridized carbons (Fsp3) is 0.400. The van der Waals surface area contributed by atoms with Gasteiger partial charge >= 0.3 is 0 Å². The van der Waals surface area contributed by atoms with Gasteiger partial charge < -0.3 is 19.7 Å². The summed E-state index contributed by atoms with van der Waals surface area (Å²) in [6.45, 7) is 0.971. The first-order chi connectivity index (χ1) is 15.9. The molecule has 170 valence electrons. The molecule has 2 N–H and O–H groups in total. The smallest absolute Gasteiger partial charge is 0.270 e. The van der Waals surface area contributed by atoms with Gasteiger partial charge in [0, 0.05) is 40.4 Å². The predicted molar refractivity (Wildman–Crippen MR) is 123 cm³/mol. The van der Waals surface area contributed by atoms with Crippen LogP contribution in [0.4, 0.5) is 5.69 Å². The van der Waals surface area contributed by atoms with Gasteiger partial charge in [0.05, 0.1) is 17.7 Å². The number of likely N-dealkylation sites (tertiary alicyclic amines) is 1. The third-order valence-corrected chi connectivity index (χ3v) is 8.13. The van der Waals surface area contributed by atoms with Crippen molar-refractivity contribution >= 4 is 5.69 Å². The second-order valence-corrected chi connectivity index (χ2v) is 9.61. The van der Waals surface area contributed by atoms with Crippen molar-refractivity contribution in [1.29, 1.82) is 0 Å². The van der Waals surface area contributed by atoms with Gasteiger partial charge in [-0.1, -0.05) is 18.2 Å². The Labute approximate surface area is 191 Å². The molecule has 8 nitrogen and oxygen atoms in total. The highest BCUT2D eigenvalue weighted by molar-refractivity contribution is 5.62. The maximum atomic E-state index is 11.2. The van der Waals surface area contributed by atoms with E-state index in [2.05, 4.69) is 23.0 Å². The summed E-state index contributed by atoms with van der Waals surface area (Å²) in [7, 11) is 3.79. The number of imidazole rings is 1. The fourth-order valence-corrected chi connectivity index (χ4v) is 6.57. The van der Waals surface area contributed by atoms with Gasteiger partial charge in [-0.05, 0) is 56.8 Å². The number of phenols is 1. The number of benzene rings is 2. The fourth-order valence-electron chi connectivity index (χ4n) is 6.57. The summed E-state index contributed by atoms with van der Waals surface area (Å²) in [6, 6.07) is 10.9. The topological polar surface area (TPSA) is 105 Å². The van der Waals surface area contributed by atoms with E-state index in [1.807, 2.05) is 12.1 Å². The number of aromatic amines is 1. The number of aromatic nitrogens is 2. The van der Waals surface area contributed by atoms with Crippen LogP contribution < -0.4 is 4.74 Å². The molecule has 2 aliphatic carbocycles. The first-order valence-corrected chi connectivity index (χ1v) is 11.3. The molecule has 3 aromatic rings. The summed E-state index contributed by atoms with van der Waals surface area (Å²) in [5.74, 6) is 1.78. The van der Waals surface area contributed by atoms with Gasteiger partial charge in [0.15, 0.2) is 11.5 Å². The quantitative estimate of drug-likeness (QED) is 0.470. The van der Waals surface area contributed by atoms with Crippen LogP contribution in [0.2, 0.25) is 0 Å². The number of likely N-dealkylation sites (N-methyl/N-ethyl adjacent to an activating group) is 1. The summed E-state index contributed by atoms with van der Waals surface area (Å²) in [6.07, 6.45) is 3.41. The van der Waals surface area contributed by atoms with Crippen molar-refractivity contribution in [3.63, 3.8) is 0 Å². The Morgan fingerprint density at radius 1 is 1.30 bits per heavy atom. The molecule has 1 saturated heterocycles. The van der Waals surface area contributed by atoms with Crippen LogP contribution in [0.3, 0.4) is 0 Å². The second-order valence-electron chi connectivity index (χ2n) is 9.61. The zero-order valence-corrected chi connectivity index (χ0v) is 18.7. The van der Waals surface area contributed by atoms with Gasteiger partial charge in [-0.25, -0.2) is 4.98 Å². The van der Waals surface area contributed by atoms with E-state index in [1.54, 1.807) is 19.2 Å². The lowest BCUT2D eigenvalue weighted by atomic mass is 9.52. The molecular weight excluding hydrogens is 420 g/mol. The first-order valence-electron chi connectivity index (χ1n) is 11.3. The van der Waals surface area contributed by atoms with E-state index in [4.69, 9.17) is 9.72 Å². The van der Waals surface area contributed by atoms with Crippen LogP contribution in [0.15, 0.2) is 36.4 Å². The van der Waals surface area contributed by atoms with E-state index in [1.165, 1.54) is 11.6 Å². The average Bonchev–Trinajstić information content (AvgIpc) is 3.22. The van der Waals surface area contributed by atoms with Gasteiger partial charge in [0.25, 0.3) is 5.69 Å². The monoisotopic (exact) mass is 446 g/mol. The van der Waals surface area contributed by atoms with Crippen LogP contribution in [0.25, 0.3) is 11.4 Å². The molecule has 2 heterocycles. The summed E-state index contributed by atoms with van der Waals surface area (Å²) in [5.41, 5.74) is 4.90. The molecular formula is C25H26N4O4. The number of H-pyrrole nitrogens is 1. The summed E-state index contributed by atoms with van der Waals surface area (Å²) in [4.78, 5) is 21.7. The number of hydrogen-bond donors (Lipinski definition) is 2. The maximum Gasteiger partial charge on any atom is 0.270 e. The maximum absolute atomic E-state index is 11.2. The normalized spacial score (nSPS) is 25.6. The van der Waals surface area contributed by atoms with Gasteiger partial charge in [-0.2, -0.15) is 0 Å². The summed E-state index contributed by atoms with van der Waals surface area (Å²) in [5, 5.41) is 22.5. The number of nitro groups is 1. The third kappa shape index (κ3) is 2.83. The highest BCUT2D eigenvalue weighted by atomic mass is 16.6. The minimum atomic E-state index is -0.383. The molecule has 8 heteroatoms. The highest BCUT2D eigenvalue weighted by Gasteiger charge is 2.56. The van der Waals surface area contributed by atoms with Crippen molar-refractivity contribution < 1.29 is 14.8 Å². The van der Waals surface area contributed by atoms with Crippen molar-refractivity contribution in [2.75, 3.05) is 20.7 Å². The van der Waals surface area contributed by atoms with Gasteiger partial charge in [-0.15, -0.1) is 0 Å². The summed E-state index contributed by atoms with van der Waals surface area (Å²) >= 11 is 0. The number of non-ortho nitro benzene ring substituents is 1. The van der Waals surface area contributed by atoms with Crippen LogP contribution in [0.1, 0.15) is 28.9 Å². The lowest BCUT2D eigenvalue weighted by Crippen LogP contribution is -2.61.